The second-order valence-electron chi connectivity index (χ2n) is 5.88. The van der Waals surface area contributed by atoms with Crippen LogP contribution in [-0.4, -0.2) is 24.5 Å². The molecule has 0 fully saturated rings. The molecule has 2 aromatic carbocycles. The molecule has 1 heterocycles. The van der Waals surface area contributed by atoms with Gasteiger partial charge in [-0.05, 0) is 30.3 Å². The number of rotatable bonds is 6. The fourth-order valence-corrected chi connectivity index (χ4v) is 4.07. The average Bonchev–Trinajstić information content (AvgIpc) is 3.16. The highest BCUT2D eigenvalue weighted by Gasteiger charge is 2.32. The Bertz CT molecular complexity index is 1210. The van der Waals surface area contributed by atoms with E-state index in [-0.39, 0.29) is 16.4 Å². The summed E-state index contributed by atoms with van der Waals surface area (Å²) in [6.07, 6.45) is -7.63. The summed E-state index contributed by atoms with van der Waals surface area (Å²) < 4.78 is 91.1. The Morgan fingerprint density at radius 1 is 1.03 bits per heavy atom. The largest absolute Gasteiger partial charge is 0.416 e. The molecule has 7 nitrogen and oxygen atoms in total. The third-order valence-corrected chi connectivity index (χ3v) is 5.94. The van der Waals surface area contributed by atoms with Crippen LogP contribution in [-0.2, 0) is 16.2 Å². The molecule has 0 aliphatic rings. The number of benzene rings is 2. The van der Waals surface area contributed by atoms with Crippen molar-refractivity contribution in [3.8, 4) is 0 Å². The van der Waals surface area contributed by atoms with Crippen molar-refractivity contribution in [3.63, 3.8) is 0 Å². The monoisotopic (exact) mass is 478 g/mol. The van der Waals surface area contributed by atoms with E-state index in [0.29, 0.717) is 17.4 Å². The third-order valence-electron chi connectivity index (χ3n) is 3.74. The van der Waals surface area contributed by atoms with Crippen LogP contribution < -0.4 is 10.0 Å². The van der Waals surface area contributed by atoms with Crippen LogP contribution in [0.2, 0.25) is 0 Å². The van der Waals surface area contributed by atoms with Gasteiger partial charge in [-0.1, -0.05) is 29.5 Å². The van der Waals surface area contributed by atoms with Crippen LogP contribution in [0.25, 0.3) is 0 Å². The fourth-order valence-electron chi connectivity index (χ4n) is 2.35. The molecule has 0 spiro atoms. The SMILES string of the molecule is O=C(Nc1nnc(C(F)F)s1)c1ccccc1NS(=O)(=O)c1cccc(C(F)(F)F)c1. The molecule has 0 aliphatic carbocycles. The zero-order valence-electron chi connectivity index (χ0n) is 15.0. The molecule has 0 radical (unpaired) electrons. The molecule has 164 valence electrons. The lowest BCUT2D eigenvalue weighted by Gasteiger charge is -2.13. The lowest BCUT2D eigenvalue weighted by atomic mass is 10.2. The maximum absolute atomic E-state index is 12.9. The van der Waals surface area contributed by atoms with Crippen molar-refractivity contribution in [2.75, 3.05) is 10.0 Å². The summed E-state index contributed by atoms with van der Waals surface area (Å²) in [5.74, 6) is -0.890. The predicted octanol–water partition coefficient (Wildman–Crippen LogP) is 4.55. The van der Waals surface area contributed by atoms with Crippen molar-refractivity contribution in [3.05, 3.63) is 64.7 Å². The molecule has 2 N–H and O–H groups in total. The molecule has 1 aromatic heterocycles. The molecule has 0 atom stereocenters. The average molecular weight is 478 g/mol. The number of carbonyl (C=O) groups excluding carboxylic acids is 1. The smallest absolute Gasteiger partial charge is 0.296 e. The van der Waals surface area contributed by atoms with E-state index in [0.717, 1.165) is 18.2 Å². The van der Waals surface area contributed by atoms with Gasteiger partial charge in [-0.15, -0.1) is 10.2 Å². The number of carbonyl (C=O) groups is 1. The quantitative estimate of drug-likeness (QED) is 0.507. The summed E-state index contributed by atoms with van der Waals surface area (Å²) in [5.41, 5.74) is -1.62. The highest BCUT2D eigenvalue weighted by molar-refractivity contribution is 7.92. The summed E-state index contributed by atoms with van der Waals surface area (Å²) in [7, 11) is -4.49. The number of hydrogen-bond donors (Lipinski definition) is 2. The molecule has 0 saturated carbocycles. The minimum absolute atomic E-state index is 0.216. The predicted molar refractivity (Wildman–Crippen MR) is 102 cm³/mol. The van der Waals surface area contributed by atoms with Gasteiger partial charge in [-0.3, -0.25) is 14.8 Å². The van der Waals surface area contributed by atoms with Crippen LogP contribution in [0.5, 0.6) is 0 Å². The number of amides is 1. The van der Waals surface area contributed by atoms with Gasteiger partial charge in [-0.25, -0.2) is 17.2 Å². The molecule has 14 heteroatoms. The van der Waals surface area contributed by atoms with E-state index in [1.54, 1.807) is 0 Å². The van der Waals surface area contributed by atoms with Gasteiger partial charge in [0.15, 0.2) is 5.01 Å². The molecular formula is C17H11F5N4O3S2. The van der Waals surface area contributed by atoms with Crippen LogP contribution in [0, 0.1) is 0 Å². The van der Waals surface area contributed by atoms with Crippen LogP contribution in [0.15, 0.2) is 53.4 Å². The normalized spacial score (nSPS) is 12.1. The Labute approximate surface area is 176 Å². The van der Waals surface area contributed by atoms with E-state index in [9.17, 15) is 35.2 Å². The number of nitrogens with one attached hydrogen (secondary N) is 2. The second kappa shape index (κ2) is 8.55. The van der Waals surface area contributed by atoms with E-state index in [1.807, 2.05) is 0 Å². The maximum atomic E-state index is 12.9. The standard InChI is InChI=1S/C17H11F5N4O3S2/c18-13(19)15-24-25-16(30-15)23-14(27)11-6-1-2-7-12(11)26-31(28,29)10-5-3-4-9(8-10)17(20,21)22/h1-8,13,26H,(H,23,25,27). The molecular weight excluding hydrogens is 467 g/mol. The number of alkyl halides is 5. The Hall–Kier alpha value is -3.13. The summed E-state index contributed by atoms with van der Waals surface area (Å²) in [4.78, 5) is 11.8. The Morgan fingerprint density at radius 3 is 2.39 bits per heavy atom. The van der Waals surface area contributed by atoms with Gasteiger partial charge in [0.2, 0.25) is 5.13 Å². The molecule has 0 unspecified atom stereocenters. The van der Waals surface area contributed by atoms with E-state index in [4.69, 9.17) is 0 Å². The number of halogens is 5. The lowest BCUT2D eigenvalue weighted by Crippen LogP contribution is -2.19. The Balaban J connectivity index is 1.87. The van der Waals surface area contributed by atoms with Crippen LogP contribution in [0.4, 0.5) is 32.8 Å². The van der Waals surface area contributed by atoms with Crippen LogP contribution in [0.3, 0.4) is 0 Å². The van der Waals surface area contributed by atoms with E-state index >= 15 is 0 Å². The first-order valence-corrected chi connectivity index (χ1v) is 10.5. The Kier molecular flexibility index (Phi) is 6.22. The van der Waals surface area contributed by atoms with E-state index in [2.05, 4.69) is 20.2 Å². The Morgan fingerprint density at radius 2 is 1.74 bits per heavy atom. The van der Waals surface area contributed by atoms with Crippen molar-refractivity contribution < 1.29 is 35.2 Å². The molecule has 0 aliphatic heterocycles. The lowest BCUT2D eigenvalue weighted by molar-refractivity contribution is -0.137. The minimum Gasteiger partial charge on any atom is -0.296 e. The number of sulfonamides is 1. The molecule has 3 aromatic rings. The summed E-state index contributed by atoms with van der Waals surface area (Å²) >= 11 is 0.434. The second-order valence-corrected chi connectivity index (χ2v) is 8.57. The first-order valence-electron chi connectivity index (χ1n) is 8.19. The molecule has 31 heavy (non-hydrogen) atoms. The number of aromatic nitrogens is 2. The summed E-state index contributed by atoms with van der Waals surface area (Å²) in [5, 5.41) is 7.97. The topological polar surface area (TPSA) is 101 Å². The first-order chi connectivity index (χ1) is 14.5. The van der Waals surface area contributed by atoms with E-state index in [1.165, 1.54) is 24.3 Å². The van der Waals surface area contributed by atoms with Crippen LogP contribution in [0.1, 0.15) is 27.4 Å². The zero-order valence-corrected chi connectivity index (χ0v) is 16.7. The summed E-state index contributed by atoms with van der Waals surface area (Å²) in [6, 6.07) is 8.31. The fraction of sp³-hybridized carbons (Fsp3) is 0.118. The van der Waals surface area contributed by atoms with Gasteiger partial charge in [-0.2, -0.15) is 13.2 Å². The van der Waals surface area contributed by atoms with Crippen LogP contribution >= 0.6 is 11.3 Å². The number of anilines is 2. The van der Waals surface area contributed by atoms with E-state index < -0.39 is 44.0 Å². The number of nitrogens with zero attached hydrogens (tertiary/aromatic N) is 2. The molecule has 0 saturated heterocycles. The van der Waals surface area contributed by atoms with Crippen molar-refractivity contribution in [2.45, 2.75) is 17.5 Å². The zero-order chi connectivity index (χ0) is 22.8. The highest BCUT2D eigenvalue weighted by Crippen LogP contribution is 2.31. The highest BCUT2D eigenvalue weighted by atomic mass is 32.2. The van der Waals surface area contributed by atoms with Gasteiger partial charge in [0.05, 0.1) is 21.7 Å². The van der Waals surface area contributed by atoms with Gasteiger partial charge >= 0.3 is 6.18 Å². The molecule has 3 rings (SSSR count). The number of hydrogen-bond acceptors (Lipinski definition) is 6. The summed E-state index contributed by atoms with van der Waals surface area (Å²) in [6.45, 7) is 0. The van der Waals surface area contributed by atoms with Crippen molar-refractivity contribution in [1.82, 2.24) is 10.2 Å². The van der Waals surface area contributed by atoms with Crippen molar-refractivity contribution in [1.29, 1.82) is 0 Å². The van der Waals surface area contributed by atoms with Gasteiger partial charge < -0.3 is 0 Å². The third kappa shape index (κ3) is 5.32. The molecule has 1 amide bonds. The van der Waals surface area contributed by atoms with Crippen molar-refractivity contribution in [2.24, 2.45) is 0 Å². The maximum Gasteiger partial charge on any atom is 0.416 e. The van der Waals surface area contributed by atoms with Gasteiger partial charge in [0, 0.05) is 0 Å². The number of para-hydroxylation sites is 1. The van der Waals surface area contributed by atoms with Gasteiger partial charge in [0.1, 0.15) is 0 Å². The minimum atomic E-state index is -4.75. The van der Waals surface area contributed by atoms with Gasteiger partial charge in [0.25, 0.3) is 22.4 Å². The molecule has 0 bridgehead atoms. The first kappa shape index (κ1) is 22.6. The van der Waals surface area contributed by atoms with Crippen molar-refractivity contribution >= 4 is 38.1 Å².